The molecule has 0 unspecified atom stereocenters. The minimum atomic E-state index is -3.65. The third-order valence-electron chi connectivity index (χ3n) is 2.73. The first kappa shape index (κ1) is 14.5. The molecule has 0 fully saturated rings. The van der Waals surface area contributed by atoms with Crippen molar-refractivity contribution in [3.63, 3.8) is 0 Å². The van der Waals surface area contributed by atoms with Gasteiger partial charge in [-0.15, -0.1) is 0 Å². The summed E-state index contributed by atoms with van der Waals surface area (Å²) in [5.41, 5.74) is 6.56. The van der Waals surface area contributed by atoms with Gasteiger partial charge >= 0.3 is 0 Å². The van der Waals surface area contributed by atoms with Crippen LogP contribution in [0.2, 0.25) is 0 Å². The maximum absolute atomic E-state index is 13.7. The number of nitrogens with one attached hydrogen (secondary N) is 1. The summed E-state index contributed by atoms with van der Waals surface area (Å²) in [6.07, 6.45) is 0. The maximum atomic E-state index is 13.7. The molecule has 0 saturated carbocycles. The number of anilines is 1. The minimum Gasteiger partial charge on any atom is -0.326 e. The van der Waals surface area contributed by atoms with E-state index in [9.17, 15) is 12.8 Å². The quantitative estimate of drug-likeness (QED) is 0.888. The van der Waals surface area contributed by atoms with Crippen molar-refractivity contribution in [2.24, 2.45) is 5.73 Å². The fraction of sp³-hybridized carbons (Fsp3) is 0.143. The number of halogens is 1. The van der Waals surface area contributed by atoms with Gasteiger partial charge in [0.25, 0.3) is 0 Å². The Labute approximate surface area is 117 Å². The molecule has 0 aromatic heterocycles. The Hall–Kier alpha value is -1.92. The second-order valence-corrected chi connectivity index (χ2v) is 6.09. The first-order chi connectivity index (χ1) is 9.50. The van der Waals surface area contributed by atoms with Crippen molar-refractivity contribution in [3.05, 3.63) is 65.5 Å². The van der Waals surface area contributed by atoms with Crippen LogP contribution in [-0.4, -0.2) is 8.42 Å². The number of hydrogen-bond acceptors (Lipinski definition) is 3. The van der Waals surface area contributed by atoms with Gasteiger partial charge < -0.3 is 5.73 Å². The molecule has 0 radical (unpaired) electrons. The standard InChI is InChI=1S/C14H15FN2O2S/c15-13-8-12(9-16)6-7-14(13)17-20(18,19)10-11-4-2-1-3-5-11/h1-8,17H,9-10,16H2. The smallest absolute Gasteiger partial charge is 0.237 e. The lowest BCUT2D eigenvalue weighted by Gasteiger charge is -2.09. The van der Waals surface area contributed by atoms with Crippen LogP contribution in [0.25, 0.3) is 0 Å². The van der Waals surface area contributed by atoms with Gasteiger partial charge in [0, 0.05) is 6.54 Å². The summed E-state index contributed by atoms with van der Waals surface area (Å²) >= 11 is 0. The normalized spacial score (nSPS) is 11.3. The van der Waals surface area contributed by atoms with E-state index in [1.165, 1.54) is 12.1 Å². The molecule has 0 bridgehead atoms. The lowest BCUT2D eigenvalue weighted by Crippen LogP contribution is -2.16. The van der Waals surface area contributed by atoms with Gasteiger partial charge in [-0.25, -0.2) is 12.8 Å². The summed E-state index contributed by atoms with van der Waals surface area (Å²) in [7, 11) is -3.65. The topological polar surface area (TPSA) is 72.2 Å². The highest BCUT2D eigenvalue weighted by atomic mass is 32.2. The van der Waals surface area contributed by atoms with Crippen LogP contribution >= 0.6 is 0 Å². The molecule has 0 heterocycles. The molecule has 0 atom stereocenters. The average Bonchev–Trinajstić information content (AvgIpc) is 2.41. The monoisotopic (exact) mass is 294 g/mol. The zero-order chi connectivity index (χ0) is 14.6. The first-order valence-corrected chi connectivity index (χ1v) is 7.68. The third kappa shape index (κ3) is 3.79. The van der Waals surface area contributed by atoms with Crippen LogP contribution in [0.3, 0.4) is 0 Å². The number of rotatable bonds is 5. The zero-order valence-electron chi connectivity index (χ0n) is 10.7. The summed E-state index contributed by atoms with van der Waals surface area (Å²) in [6.45, 7) is 0.202. The second-order valence-electron chi connectivity index (χ2n) is 4.37. The van der Waals surface area contributed by atoms with Crippen molar-refractivity contribution in [1.82, 2.24) is 0 Å². The minimum absolute atomic E-state index is 0.0712. The summed E-state index contributed by atoms with van der Waals surface area (Å²) < 4.78 is 39.9. The van der Waals surface area contributed by atoms with Gasteiger partial charge in [0.1, 0.15) is 5.82 Å². The summed E-state index contributed by atoms with van der Waals surface area (Å²) in [4.78, 5) is 0. The Kier molecular flexibility index (Phi) is 4.36. The molecule has 4 nitrogen and oxygen atoms in total. The van der Waals surface area contributed by atoms with Gasteiger partial charge in [0.05, 0.1) is 11.4 Å². The molecule has 0 aliphatic carbocycles. The molecule has 0 aliphatic heterocycles. The summed E-state index contributed by atoms with van der Waals surface area (Å²) in [6, 6.07) is 12.9. The van der Waals surface area contributed by atoms with E-state index in [1.807, 2.05) is 0 Å². The van der Waals surface area contributed by atoms with Crippen molar-refractivity contribution < 1.29 is 12.8 Å². The second kappa shape index (κ2) is 6.02. The van der Waals surface area contributed by atoms with Crippen molar-refractivity contribution in [1.29, 1.82) is 0 Å². The summed E-state index contributed by atoms with van der Waals surface area (Å²) in [5, 5.41) is 0. The van der Waals surface area contributed by atoms with Crippen LogP contribution in [0, 0.1) is 5.82 Å². The largest absolute Gasteiger partial charge is 0.326 e. The maximum Gasteiger partial charge on any atom is 0.237 e. The molecule has 106 valence electrons. The van der Waals surface area contributed by atoms with E-state index in [2.05, 4.69) is 4.72 Å². The highest BCUT2D eigenvalue weighted by Gasteiger charge is 2.14. The zero-order valence-corrected chi connectivity index (χ0v) is 11.5. The molecule has 2 aromatic carbocycles. The van der Waals surface area contributed by atoms with Gasteiger partial charge in [-0.2, -0.15) is 0 Å². The van der Waals surface area contributed by atoms with Gasteiger partial charge in [0.2, 0.25) is 10.0 Å². The van der Waals surface area contributed by atoms with Gasteiger partial charge in [-0.3, -0.25) is 4.72 Å². The third-order valence-corrected chi connectivity index (χ3v) is 3.98. The molecule has 20 heavy (non-hydrogen) atoms. The van der Waals surface area contributed by atoms with E-state index in [-0.39, 0.29) is 18.0 Å². The van der Waals surface area contributed by atoms with E-state index < -0.39 is 15.8 Å². The van der Waals surface area contributed by atoms with Crippen molar-refractivity contribution >= 4 is 15.7 Å². The van der Waals surface area contributed by atoms with E-state index in [0.717, 1.165) is 0 Å². The molecule has 2 rings (SSSR count). The van der Waals surface area contributed by atoms with Crippen LogP contribution in [0.15, 0.2) is 48.5 Å². The van der Waals surface area contributed by atoms with Crippen molar-refractivity contribution in [2.45, 2.75) is 12.3 Å². The predicted molar refractivity (Wildman–Crippen MR) is 77.0 cm³/mol. The van der Waals surface area contributed by atoms with Crippen molar-refractivity contribution in [2.75, 3.05) is 4.72 Å². The molecular weight excluding hydrogens is 279 g/mol. The van der Waals surface area contributed by atoms with Crippen LogP contribution in [-0.2, 0) is 22.3 Å². The number of sulfonamides is 1. The van der Waals surface area contributed by atoms with Gasteiger partial charge in [-0.05, 0) is 23.3 Å². The van der Waals surface area contributed by atoms with E-state index >= 15 is 0 Å². The highest BCUT2D eigenvalue weighted by Crippen LogP contribution is 2.18. The molecular formula is C14H15FN2O2S. The van der Waals surface area contributed by atoms with Gasteiger partial charge in [0.15, 0.2) is 0 Å². The molecule has 0 saturated heterocycles. The lowest BCUT2D eigenvalue weighted by atomic mass is 10.2. The fourth-order valence-electron chi connectivity index (χ4n) is 1.77. The van der Waals surface area contributed by atoms with Crippen LogP contribution < -0.4 is 10.5 Å². The average molecular weight is 294 g/mol. The van der Waals surface area contributed by atoms with Gasteiger partial charge in [-0.1, -0.05) is 36.4 Å². The van der Waals surface area contributed by atoms with E-state index in [1.54, 1.807) is 36.4 Å². The van der Waals surface area contributed by atoms with Crippen LogP contribution in [0.1, 0.15) is 11.1 Å². The van der Waals surface area contributed by atoms with Crippen LogP contribution in [0.5, 0.6) is 0 Å². The molecule has 6 heteroatoms. The predicted octanol–water partition coefficient (Wildman–Crippen LogP) is 2.23. The van der Waals surface area contributed by atoms with E-state index in [0.29, 0.717) is 11.1 Å². The lowest BCUT2D eigenvalue weighted by molar-refractivity contribution is 0.597. The van der Waals surface area contributed by atoms with E-state index in [4.69, 9.17) is 5.73 Å². The fourth-order valence-corrected chi connectivity index (χ4v) is 2.97. The number of benzene rings is 2. The molecule has 2 aromatic rings. The SMILES string of the molecule is NCc1ccc(NS(=O)(=O)Cc2ccccc2)c(F)c1. The molecule has 0 spiro atoms. The Morgan fingerprint density at radius 1 is 1.05 bits per heavy atom. The highest BCUT2D eigenvalue weighted by molar-refractivity contribution is 7.91. The Morgan fingerprint density at radius 3 is 2.35 bits per heavy atom. The van der Waals surface area contributed by atoms with Crippen LogP contribution in [0.4, 0.5) is 10.1 Å². The molecule has 3 N–H and O–H groups in total. The molecule has 0 amide bonds. The first-order valence-electron chi connectivity index (χ1n) is 6.03. The Bertz CT molecular complexity index is 688. The Morgan fingerprint density at radius 2 is 1.75 bits per heavy atom. The number of hydrogen-bond donors (Lipinski definition) is 2. The molecule has 0 aliphatic rings. The van der Waals surface area contributed by atoms with Crippen molar-refractivity contribution in [3.8, 4) is 0 Å². The summed E-state index contributed by atoms with van der Waals surface area (Å²) in [5.74, 6) is -0.837. The number of nitrogens with two attached hydrogens (primary N) is 1. The Balaban J connectivity index is 2.16.